The van der Waals surface area contributed by atoms with Gasteiger partial charge >= 0.3 is 42.4 Å². The molecular formula is C64H105N9O13. The second kappa shape index (κ2) is 33.7. The van der Waals surface area contributed by atoms with Gasteiger partial charge in [0.25, 0.3) is 0 Å². The quantitative estimate of drug-likeness (QED) is 0.0176. The number of nitrogens with one attached hydrogen (secondary N) is 7. The first-order chi connectivity index (χ1) is 39.9. The summed E-state index contributed by atoms with van der Waals surface area (Å²) in [6.45, 7) is 35.9. The summed E-state index contributed by atoms with van der Waals surface area (Å²) in [6, 6.07) is 14.5. The second-order valence-corrected chi connectivity index (χ2v) is 25.4. The molecule has 0 aromatic heterocycles. The number of urea groups is 2. The van der Waals surface area contributed by atoms with E-state index in [-0.39, 0.29) is 31.9 Å². The molecule has 0 saturated heterocycles. The first-order valence-corrected chi connectivity index (χ1v) is 30.0. The van der Waals surface area contributed by atoms with Crippen molar-refractivity contribution in [3.05, 3.63) is 94.6 Å². The zero-order chi connectivity index (χ0) is 65.3. The van der Waals surface area contributed by atoms with E-state index in [1.54, 1.807) is 67.5 Å². The van der Waals surface area contributed by atoms with Crippen LogP contribution in [0.5, 0.6) is 0 Å². The molecule has 22 heteroatoms. The summed E-state index contributed by atoms with van der Waals surface area (Å²) >= 11 is 0. The Bertz CT molecular complexity index is 2610. The number of alkyl carbamates (subject to hydrolysis) is 4. The molecule has 0 radical (unpaired) electrons. The smallest absolute Gasteiger partial charge is 0.409 e. The van der Waals surface area contributed by atoms with Crippen LogP contribution < -0.4 is 43.0 Å². The van der Waals surface area contributed by atoms with Gasteiger partial charge in [-0.1, -0.05) is 101 Å². The number of carbonyl (C=O) groups is 7. The van der Waals surface area contributed by atoms with Gasteiger partial charge in [-0.3, -0.25) is 0 Å². The van der Waals surface area contributed by atoms with Crippen LogP contribution >= 0.6 is 0 Å². The third kappa shape index (κ3) is 25.5. The average molecular weight is 1210 g/mol. The number of carbonyl (C=O) groups excluding carboxylic acids is 6. The maximum atomic E-state index is 13.4. The summed E-state index contributed by atoms with van der Waals surface area (Å²) in [5.41, 5.74) is 1.83. The number of benzene rings is 2. The van der Waals surface area contributed by atoms with E-state index in [1.165, 1.54) is 0 Å². The number of nitrogens with zero attached hydrogens (tertiary/aromatic N) is 1. The Hall–Kier alpha value is -7.07. The summed E-state index contributed by atoms with van der Waals surface area (Å²) in [7, 11) is 0. The van der Waals surface area contributed by atoms with Gasteiger partial charge in [0, 0.05) is 19.6 Å². The fraction of sp³-hybridized carbons (Fsp3) is 0.641. The lowest BCUT2D eigenvalue weighted by Crippen LogP contribution is -2.52. The van der Waals surface area contributed by atoms with Crippen LogP contribution in [0.1, 0.15) is 191 Å². The molecule has 0 spiro atoms. The van der Waals surface area contributed by atoms with Crippen molar-refractivity contribution >= 4 is 42.4 Å². The Morgan fingerprint density at radius 1 is 0.605 bits per heavy atom. The van der Waals surface area contributed by atoms with E-state index >= 15 is 0 Å². The number of nitrogens with two attached hydrogens (primary N) is 1. The lowest BCUT2D eigenvalue weighted by atomic mass is 9.87. The van der Waals surface area contributed by atoms with Crippen molar-refractivity contribution in [2.45, 2.75) is 214 Å². The highest BCUT2D eigenvalue weighted by Crippen LogP contribution is 2.30. The number of hydrogen-bond donors (Lipinski definition) is 9. The normalized spacial score (nSPS) is 13.4. The van der Waals surface area contributed by atoms with Crippen LogP contribution in [0.4, 0.5) is 28.8 Å². The summed E-state index contributed by atoms with van der Waals surface area (Å²) in [4.78, 5) is 93.0. The van der Waals surface area contributed by atoms with E-state index in [1.807, 2.05) is 88.9 Å². The molecule has 2 aromatic rings. The summed E-state index contributed by atoms with van der Waals surface area (Å²) in [6.07, 6.45) is 5.21. The van der Waals surface area contributed by atoms with Crippen LogP contribution in [-0.2, 0) is 50.6 Å². The maximum absolute atomic E-state index is 13.4. The Morgan fingerprint density at radius 3 is 1.58 bits per heavy atom. The van der Waals surface area contributed by atoms with Crippen molar-refractivity contribution in [3.8, 4) is 0 Å². The molecule has 2 aromatic carbocycles. The molecule has 22 nitrogen and oxygen atoms in total. The van der Waals surface area contributed by atoms with E-state index < -0.39 is 81.9 Å². The molecule has 0 heterocycles. The van der Waals surface area contributed by atoms with Crippen molar-refractivity contribution in [1.29, 1.82) is 0 Å². The van der Waals surface area contributed by atoms with E-state index in [2.05, 4.69) is 57.6 Å². The number of hydrogen-bond acceptors (Lipinski definition) is 13. The van der Waals surface area contributed by atoms with Gasteiger partial charge in [0.05, 0.1) is 45.9 Å². The van der Waals surface area contributed by atoms with Gasteiger partial charge in [0.1, 0.15) is 19.8 Å². The third-order valence-corrected chi connectivity index (χ3v) is 15.0. The first-order valence-electron chi connectivity index (χ1n) is 30.0. The van der Waals surface area contributed by atoms with Crippen LogP contribution in [0, 0.1) is 0 Å². The van der Waals surface area contributed by atoms with Crippen LogP contribution in [0.2, 0.25) is 0 Å². The number of carboxylic acids is 1. The molecule has 0 aliphatic rings. The average Bonchev–Trinajstić information content (AvgIpc) is 1.61. The summed E-state index contributed by atoms with van der Waals surface area (Å²) < 4.78 is 27.4. The summed E-state index contributed by atoms with van der Waals surface area (Å²) in [5, 5.41) is 30.4. The number of ether oxygens (including phenoxy) is 5. The molecule has 2 unspecified atom stereocenters. The molecule has 10 N–H and O–H groups in total. The largest absolute Gasteiger partial charge is 0.478 e. The van der Waals surface area contributed by atoms with Crippen molar-refractivity contribution in [1.82, 2.24) is 42.1 Å². The van der Waals surface area contributed by atoms with Gasteiger partial charge in [0.15, 0.2) is 0 Å². The minimum atomic E-state index is -2.30. The monoisotopic (exact) mass is 1210 g/mol. The Morgan fingerprint density at radius 2 is 1.07 bits per heavy atom. The van der Waals surface area contributed by atoms with Crippen molar-refractivity contribution in [2.75, 3.05) is 52.6 Å². The fourth-order valence-corrected chi connectivity index (χ4v) is 8.52. The number of rotatable bonds is 35. The number of carboxylic acid groups (broad SMARTS) is 1. The van der Waals surface area contributed by atoms with Crippen LogP contribution in [0.25, 0.3) is 0 Å². The van der Waals surface area contributed by atoms with Gasteiger partial charge < -0.3 is 76.6 Å². The Labute approximate surface area is 512 Å². The molecule has 2 atom stereocenters. The number of amides is 8. The van der Waals surface area contributed by atoms with E-state index in [4.69, 9.17) is 29.4 Å². The number of unbranched alkanes of at least 4 members (excludes halogenated alkanes) is 5. The van der Waals surface area contributed by atoms with E-state index in [0.29, 0.717) is 42.9 Å². The second-order valence-electron chi connectivity index (χ2n) is 25.4. The molecule has 86 heavy (non-hydrogen) atoms. The van der Waals surface area contributed by atoms with Crippen LogP contribution in [-0.4, -0.2) is 128 Å². The van der Waals surface area contributed by atoms with Gasteiger partial charge in [0.2, 0.25) is 5.60 Å². The highest BCUT2D eigenvalue weighted by atomic mass is 16.6. The Balaban J connectivity index is 1.90. The van der Waals surface area contributed by atoms with Crippen molar-refractivity contribution < 1.29 is 62.4 Å². The maximum Gasteiger partial charge on any atom is 0.409 e. The third-order valence-electron chi connectivity index (χ3n) is 15.0. The van der Waals surface area contributed by atoms with Crippen molar-refractivity contribution in [3.63, 3.8) is 0 Å². The van der Waals surface area contributed by atoms with Crippen LogP contribution in [0.3, 0.4) is 0 Å². The van der Waals surface area contributed by atoms with E-state index in [9.17, 15) is 38.7 Å². The van der Waals surface area contributed by atoms with Gasteiger partial charge in [-0.25, -0.2) is 33.6 Å². The molecule has 0 aliphatic carbocycles. The van der Waals surface area contributed by atoms with Gasteiger partial charge in [-0.2, -0.15) is 0 Å². The minimum Gasteiger partial charge on any atom is -0.478 e. The predicted octanol–water partition coefficient (Wildman–Crippen LogP) is 11.0. The number of aliphatic carboxylic acids is 1. The molecule has 8 amide bonds. The molecule has 484 valence electrons. The molecular weight excluding hydrogens is 1100 g/mol. The molecule has 0 bridgehead atoms. The lowest BCUT2D eigenvalue weighted by Gasteiger charge is -2.34. The van der Waals surface area contributed by atoms with Crippen molar-refractivity contribution in [2.24, 2.45) is 5.73 Å². The molecule has 2 rings (SSSR count). The Kier molecular flexibility index (Phi) is 29.4. The van der Waals surface area contributed by atoms with Gasteiger partial charge in [-0.15, -0.1) is 0 Å². The highest BCUT2D eigenvalue weighted by molar-refractivity contribution is 5.82. The molecule has 0 fully saturated rings. The standard InChI is InChI=1S/C64H105N9O13/c1-19-21-35-73(36-22-20-2)53(77)68-61(12,13)48-30-28-32-50(41-48)63(16,17)72-57(81)86-64(18,51(74)75)43-85-56(80)70-59(8,9)45(4)39-44(3)58(6,7)69-55(79)84-42-46(5)82-37-38-83-54(78)71-62(14,15)49-31-27-29-47(40-49)60(10,11)67-52(76)66-34-26-24-23-25-33-65/h27-32,39-41,46H,4,19-26,33-38,42-43,65H2,1-3,5-18H3,(H,68,77)(H,69,79)(H,70,80)(H,71,78)(H,72,81)(H,74,75)(H2,66,67,76)/b44-39+. The molecule has 0 saturated carbocycles. The SMILES string of the molecule is C=C(/C=C(\C)C(C)(C)NC(=O)OCC(C)OCCOC(=O)NC(C)(C)c1cccc(C(C)(C)NC(=O)NCCCCCCN)c1)C(C)(C)NC(=O)OCC(C)(OC(=O)NC(C)(C)c1cccc(C(C)(C)NC(=O)N(CCCC)CCCC)c1)C(=O)O. The van der Waals surface area contributed by atoms with Gasteiger partial charge in [-0.05, 0) is 169 Å². The zero-order valence-electron chi connectivity index (χ0n) is 54.7. The highest BCUT2D eigenvalue weighted by Gasteiger charge is 2.42. The predicted molar refractivity (Wildman–Crippen MR) is 335 cm³/mol. The minimum absolute atomic E-state index is 0.0263. The van der Waals surface area contributed by atoms with Crippen LogP contribution in [0.15, 0.2) is 72.3 Å². The first kappa shape index (κ1) is 75.0. The summed E-state index contributed by atoms with van der Waals surface area (Å²) in [5.74, 6) is -1.56. The van der Waals surface area contributed by atoms with E-state index in [0.717, 1.165) is 75.0 Å². The topological polar surface area (TPSA) is 299 Å². The molecule has 0 aliphatic heterocycles. The zero-order valence-corrected chi connectivity index (χ0v) is 54.7. The fourth-order valence-electron chi connectivity index (χ4n) is 8.52. The lowest BCUT2D eigenvalue weighted by molar-refractivity contribution is -0.160.